The van der Waals surface area contributed by atoms with E-state index in [1.807, 2.05) is 0 Å². The minimum atomic E-state index is -4.37. The minimum Gasteiger partial charge on any atom is -0.384 e. The average molecular weight is 307 g/mol. The van der Waals surface area contributed by atoms with Gasteiger partial charge in [0.15, 0.2) is 0 Å². The van der Waals surface area contributed by atoms with Crippen molar-refractivity contribution in [1.29, 1.82) is 0 Å². The number of nitrogens with one attached hydrogen (secondary N) is 1. The van der Waals surface area contributed by atoms with Gasteiger partial charge in [-0.15, -0.1) is 0 Å². The zero-order chi connectivity index (χ0) is 16.0. The zero-order valence-corrected chi connectivity index (χ0v) is 10.5. The number of hydrogen-bond donors (Lipinski definition) is 2. The normalized spacial score (nSPS) is 11.0. The second kappa shape index (κ2) is 7.04. The number of amides is 1. The molecule has 1 aromatic carbocycles. The van der Waals surface area contributed by atoms with E-state index >= 15 is 0 Å². The fourth-order valence-electron chi connectivity index (χ4n) is 1.32. The second-order valence-corrected chi connectivity index (χ2v) is 3.89. The van der Waals surface area contributed by atoms with Crippen LogP contribution in [0.1, 0.15) is 15.9 Å². The number of benzene rings is 1. The van der Waals surface area contributed by atoms with Gasteiger partial charge in [0, 0.05) is 5.56 Å². The molecule has 0 heterocycles. The first-order valence-electron chi connectivity index (χ1n) is 5.61. The minimum absolute atomic E-state index is 0.151. The maximum Gasteiger partial charge on any atom is 0.324 e. The highest BCUT2D eigenvalue weighted by Gasteiger charge is 2.40. The molecule has 3 nitrogen and oxygen atoms in total. The molecule has 1 rings (SSSR count). The second-order valence-electron chi connectivity index (χ2n) is 3.89. The van der Waals surface area contributed by atoms with Crippen LogP contribution >= 0.6 is 0 Å². The molecule has 0 aromatic heterocycles. The fraction of sp³-hybridized carbons (Fsp3) is 0.308. The third-order valence-electron chi connectivity index (χ3n) is 2.33. The molecule has 21 heavy (non-hydrogen) atoms. The Morgan fingerprint density at radius 3 is 2.62 bits per heavy atom. The largest absolute Gasteiger partial charge is 0.384 e. The van der Waals surface area contributed by atoms with Crippen LogP contribution in [0.5, 0.6) is 0 Å². The lowest BCUT2D eigenvalue weighted by atomic mass is 10.1. The number of carbonyl (C=O) groups is 1. The van der Waals surface area contributed by atoms with Crippen LogP contribution in [0.4, 0.5) is 22.0 Å². The van der Waals surface area contributed by atoms with E-state index in [0.29, 0.717) is 0 Å². The van der Waals surface area contributed by atoms with Gasteiger partial charge in [-0.2, -0.15) is 8.78 Å². The highest BCUT2D eigenvalue weighted by Crippen LogP contribution is 2.21. The standard InChI is InChI=1S/C13H10F5NO2/c14-9-3-4-10(8(6-9)2-1-5-20)11(21)19-7-13(17,18)12(15)16/h3-4,6,12,20H,5,7H2,(H,19,21). The number of aliphatic hydroxyl groups excluding tert-OH is 1. The molecule has 0 atom stereocenters. The Hall–Kier alpha value is -2.14. The molecule has 0 saturated carbocycles. The summed E-state index contributed by atoms with van der Waals surface area (Å²) < 4.78 is 62.4. The first kappa shape index (κ1) is 16.9. The summed E-state index contributed by atoms with van der Waals surface area (Å²) in [4.78, 5) is 11.7. The van der Waals surface area contributed by atoms with E-state index in [4.69, 9.17) is 5.11 Å². The molecule has 0 unspecified atom stereocenters. The molecular formula is C13H10F5NO2. The van der Waals surface area contributed by atoms with Crippen molar-refractivity contribution in [3.05, 3.63) is 35.1 Å². The predicted molar refractivity (Wildman–Crippen MR) is 63.6 cm³/mol. The number of aliphatic hydroxyl groups is 1. The Morgan fingerprint density at radius 1 is 1.38 bits per heavy atom. The molecule has 0 radical (unpaired) electrons. The van der Waals surface area contributed by atoms with Gasteiger partial charge in [-0.1, -0.05) is 11.8 Å². The topological polar surface area (TPSA) is 49.3 Å². The molecule has 0 fully saturated rings. The SMILES string of the molecule is O=C(NCC(F)(F)C(F)F)c1ccc(F)cc1C#CCO. The summed E-state index contributed by atoms with van der Waals surface area (Å²) in [6, 6.07) is 2.74. The molecule has 0 aliphatic rings. The van der Waals surface area contributed by atoms with Crippen LogP contribution in [-0.2, 0) is 0 Å². The third kappa shape index (κ3) is 4.72. The summed E-state index contributed by atoms with van der Waals surface area (Å²) in [5.41, 5.74) is -0.413. The molecule has 0 saturated heterocycles. The highest BCUT2D eigenvalue weighted by molar-refractivity contribution is 5.96. The van der Waals surface area contributed by atoms with Crippen molar-refractivity contribution in [2.45, 2.75) is 12.3 Å². The van der Waals surface area contributed by atoms with Crippen molar-refractivity contribution in [3.8, 4) is 11.8 Å². The molecule has 0 aliphatic heterocycles. The van der Waals surface area contributed by atoms with E-state index in [2.05, 4.69) is 11.8 Å². The van der Waals surface area contributed by atoms with Gasteiger partial charge in [0.2, 0.25) is 0 Å². The summed E-state index contributed by atoms with van der Waals surface area (Å²) in [6.07, 6.45) is -3.92. The number of rotatable bonds is 4. The number of hydrogen-bond acceptors (Lipinski definition) is 2. The van der Waals surface area contributed by atoms with Gasteiger partial charge in [-0.05, 0) is 18.2 Å². The fourth-order valence-corrected chi connectivity index (χ4v) is 1.32. The van der Waals surface area contributed by atoms with Crippen LogP contribution in [-0.4, -0.2) is 36.5 Å². The van der Waals surface area contributed by atoms with Crippen LogP contribution in [0, 0.1) is 17.7 Å². The van der Waals surface area contributed by atoms with Gasteiger partial charge in [0.25, 0.3) is 5.91 Å². The lowest BCUT2D eigenvalue weighted by Crippen LogP contribution is -2.41. The van der Waals surface area contributed by atoms with Crippen LogP contribution in [0.25, 0.3) is 0 Å². The van der Waals surface area contributed by atoms with Crippen LogP contribution in [0.15, 0.2) is 18.2 Å². The molecule has 8 heteroatoms. The van der Waals surface area contributed by atoms with Crippen molar-refractivity contribution < 1.29 is 31.9 Å². The molecule has 2 N–H and O–H groups in total. The monoisotopic (exact) mass is 307 g/mol. The summed E-state index contributed by atoms with van der Waals surface area (Å²) in [7, 11) is 0. The van der Waals surface area contributed by atoms with Crippen LogP contribution in [0.3, 0.4) is 0 Å². The lowest BCUT2D eigenvalue weighted by Gasteiger charge is -2.16. The highest BCUT2D eigenvalue weighted by atomic mass is 19.3. The molecule has 0 aliphatic carbocycles. The van der Waals surface area contributed by atoms with Gasteiger partial charge in [0.05, 0.1) is 12.1 Å². The van der Waals surface area contributed by atoms with Crippen molar-refractivity contribution in [1.82, 2.24) is 5.32 Å². The van der Waals surface area contributed by atoms with Crippen molar-refractivity contribution in [2.75, 3.05) is 13.2 Å². The first-order chi connectivity index (χ1) is 9.77. The first-order valence-corrected chi connectivity index (χ1v) is 5.61. The molecule has 1 amide bonds. The summed E-state index contributed by atoms with van der Waals surface area (Å²) in [6.45, 7) is -2.12. The van der Waals surface area contributed by atoms with E-state index in [1.165, 1.54) is 0 Å². The van der Waals surface area contributed by atoms with E-state index < -0.39 is 37.2 Å². The van der Waals surface area contributed by atoms with Gasteiger partial charge in [0.1, 0.15) is 12.4 Å². The summed E-state index contributed by atoms with van der Waals surface area (Å²) in [5.74, 6) is -1.76. The number of alkyl halides is 4. The van der Waals surface area contributed by atoms with E-state index in [0.717, 1.165) is 18.2 Å². The van der Waals surface area contributed by atoms with E-state index in [1.54, 1.807) is 5.32 Å². The van der Waals surface area contributed by atoms with Gasteiger partial charge in [-0.3, -0.25) is 4.79 Å². The summed E-state index contributed by atoms with van der Waals surface area (Å²) in [5, 5.41) is 10.2. The van der Waals surface area contributed by atoms with Crippen molar-refractivity contribution >= 4 is 5.91 Å². The number of carbonyl (C=O) groups excluding carboxylic acids is 1. The van der Waals surface area contributed by atoms with Crippen LogP contribution in [0.2, 0.25) is 0 Å². The molecule has 0 bridgehead atoms. The van der Waals surface area contributed by atoms with E-state index in [9.17, 15) is 26.7 Å². The van der Waals surface area contributed by atoms with Gasteiger partial charge < -0.3 is 10.4 Å². The molecule has 1 aromatic rings. The Kier molecular flexibility index (Phi) is 5.67. The maximum absolute atomic E-state index is 13.0. The average Bonchev–Trinajstić information content (AvgIpc) is 2.42. The Bertz CT molecular complexity index is 578. The summed E-state index contributed by atoms with van der Waals surface area (Å²) >= 11 is 0. The van der Waals surface area contributed by atoms with Crippen LogP contribution < -0.4 is 5.32 Å². The zero-order valence-electron chi connectivity index (χ0n) is 10.5. The Labute approximate surface area is 116 Å². The van der Waals surface area contributed by atoms with Gasteiger partial charge >= 0.3 is 12.3 Å². The third-order valence-corrected chi connectivity index (χ3v) is 2.33. The van der Waals surface area contributed by atoms with Crippen molar-refractivity contribution in [3.63, 3.8) is 0 Å². The lowest BCUT2D eigenvalue weighted by molar-refractivity contribution is -0.123. The number of halogens is 5. The molecule has 0 spiro atoms. The van der Waals surface area contributed by atoms with Gasteiger partial charge in [-0.25, -0.2) is 13.2 Å². The smallest absolute Gasteiger partial charge is 0.324 e. The maximum atomic E-state index is 13.0. The van der Waals surface area contributed by atoms with Crippen molar-refractivity contribution in [2.24, 2.45) is 0 Å². The quantitative estimate of drug-likeness (QED) is 0.658. The molecule has 114 valence electrons. The van der Waals surface area contributed by atoms with E-state index in [-0.39, 0.29) is 11.1 Å². The Balaban J connectivity index is 2.93. The molecular weight excluding hydrogens is 297 g/mol. The predicted octanol–water partition coefficient (Wildman–Crippen LogP) is 1.80. The Morgan fingerprint density at radius 2 is 2.05 bits per heavy atom.